The Labute approximate surface area is 184 Å². The van der Waals surface area contributed by atoms with Gasteiger partial charge in [0.1, 0.15) is 5.84 Å². The molecule has 170 valence electrons. The fourth-order valence-corrected chi connectivity index (χ4v) is 4.85. The fourth-order valence-electron chi connectivity index (χ4n) is 4.85. The first-order valence-electron chi connectivity index (χ1n) is 11.5. The van der Waals surface area contributed by atoms with Crippen molar-refractivity contribution in [1.29, 1.82) is 5.41 Å². The number of carboxylic acid groups (broad SMARTS) is 1. The summed E-state index contributed by atoms with van der Waals surface area (Å²) in [7, 11) is 2.13. The van der Waals surface area contributed by atoms with Crippen LogP contribution in [-0.4, -0.2) is 90.6 Å². The SMILES string of the molecule is CN1CCN(C(=N)c2ccc(C3CC(CN4CCC(CC(=O)O)CC4)ON3)cc2)CC1. The number of piperidine rings is 1. The lowest BCUT2D eigenvalue weighted by molar-refractivity contribution is -0.138. The summed E-state index contributed by atoms with van der Waals surface area (Å²) in [4.78, 5) is 23.6. The van der Waals surface area contributed by atoms with Crippen LogP contribution in [-0.2, 0) is 9.63 Å². The first-order valence-corrected chi connectivity index (χ1v) is 11.5. The number of amidine groups is 1. The van der Waals surface area contributed by atoms with Crippen LogP contribution in [0.25, 0.3) is 0 Å². The lowest BCUT2D eigenvalue weighted by Crippen LogP contribution is -2.47. The number of likely N-dealkylation sites (N-methyl/N-ethyl adjacent to an activating group) is 1. The third-order valence-electron chi connectivity index (χ3n) is 6.91. The summed E-state index contributed by atoms with van der Waals surface area (Å²) < 4.78 is 0. The van der Waals surface area contributed by atoms with E-state index in [1.165, 1.54) is 5.56 Å². The van der Waals surface area contributed by atoms with Crippen LogP contribution in [0, 0.1) is 11.3 Å². The zero-order chi connectivity index (χ0) is 21.8. The normalized spacial score (nSPS) is 26.3. The number of nitrogens with one attached hydrogen (secondary N) is 2. The molecule has 0 bridgehead atoms. The van der Waals surface area contributed by atoms with Crippen LogP contribution in [0.3, 0.4) is 0 Å². The zero-order valence-electron chi connectivity index (χ0n) is 18.4. The number of hydrogen-bond donors (Lipinski definition) is 3. The number of benzene rings is 1. The molecule has 0 aliphatic carbocycles. The van der Waals surface area contributed by atoms with E-state index in [1.807, 2.05) is 0 Å². The lowest BCUT2D eigenvalue weighted by atomic mass is 9.93. The van der Waals surface area contributed by atoms with Crippen LogP contribution in [0.1, 0.15) is 42.9 Å². The van der Waals surface area contributed by atoms with Gasteiger partial charge in [-0.1, -0.05) is 24.3 Å². The highest BCUT2D eigenvalue weighted by Gasteiger charge is 2.30. The molecule has 0 saturated carbocycles. The van der Waals surface area contributed by atoms with Crippen molar-refractivity contribution in [3.05, 3.63) is 35.4 Å². The quantitative estimate of drug-likeness (QED) is 0.469. The number of carbonyl (C=O) groups is 1. The molecule has 0 aromatic heterocycles. The van der Waals surface area contributed by atoms with E-state index in [9.17, 15) is 4.79 Å². The van der Waals surface area contributed by atoms with Crippen molar-refractivity contribution in [2.75, 3.05) is 52.9 Å². The number of hydroxylamine groups is 1. The number of aliphatic carboxylic acids is 1. The standard InChI is InChI=1S/C23H35N5O3/c1-26-10-12-28(13-11-26)23(24)19-4-2-18(3-5-19)21-15-20(31-25-21)16-27-8-6-17(7-9-27)14-22(29)30/h2-5,17,20-21,24-25H,6-16H2,1H3,(H,29,30). The average Bonchev–Trinajstić information content (AvgIpc) is 3.23. The maximum Gasteiger partial charge on any atom is 0.303 e. The van der Waals surface area contributed by atoms with Crippen molar-refractivity contribution >= 4 is 11.8 Å². The average molecular weight is 430 g/mol. The maximum absolute atomic E-state index is 10.9. The van der Waals surface area contributed by atoms with E-state index < -0.39 is 5.97 Å². The molecule has 1 aromatic rings. The Morgan fingerprint density at radius 2 is 1.81 bits per heavy atom. The summed E-state index contributed by atoms with van der Waals surface area (Å²) in [6.07, 6.45) is 3.27. The van der Waals surface area contributed by atoms with Crippen LogP contribution in [0.4, 0.5) is 0 Å². The van der Waals surface area contributed by atoms with E-state index in [-0.39, 0.29) is 12.1 Å². The number of carboxylic acids is 1. The highest BCUT2D eigenvalue weighted by Crippen LogP contribution is 2.28. The van der Waals surface area contributed by atoms with Gasteiger partial charge in [-0.3, -0.25) is 15.0 Å². The molecule has 31 heavy (non-hydrogen) atoms. The number of hydrogen-bond acceptors (Lipinski definition) is 6. The molecular weight excluding hydrogens is 394 g/mol. The van der Waals surface area contributed by atoms with Crippen LogP contribution in [0.15, 0.2) is 24.3 Å². The third kappa shape index (κ3) is 5.83. The van der Waals surface area contributed by atoms with Crippen LogP contribution in [0.2, 0.25) is 0 Å². The molecule has 4 rings (SSSR count). The van der Waals surface area contributed by atoms with Gasteiger partial charge in [-0.2, -0.15) is 5.48 Å². The molecule has 2 atom stereocenters. The van der Waals surface area contributed by atoms with Crippen molar-refractivity contribution in [3.8, 4) is 0 Å². The van der Waals surface area contributed by atoms with Gasteiger partial charge < -0.3 is 19.8 Å². The van der Waals surface area contributed by atoms with Crippen molar-refractivity contribution in [2.45, 2.75) is 37.8 Å². The van der Waals surface area contributed by atoms with Gasteiger partial charge in [-0.15, -0.1) is 0 Å². The van der Waals surface area contributed by atoms with E-state index in [0.29, 0.717) is 18.2 Å². The van der Waals surface area contributed by atoms with Gasteiger partial charge in [0.15, 0.2) is 0 Å². The smallest absolute Gasteiger partial charge is 0.303 e. The topological polar surface area (TPSA) is 92.1 Å². The Hall–Kier alpha value is -2.00. The van der Waals surface area contributed by atoms with Crippen molar-refractivity contribution in [2.24, 2.45) is 5.92 Å². The maximum atomic E-state index is 10.9. The second-order valence-electron chi connectivity index (χ2n) is 9.25. The molecule has 3 saturated heterocycles. The summed E-state index contributed by atoms with van der Waals surface area (Å²) in [5.41, 5.74) is 5.35. The summed E-state index contributed by atoms with van der Waals surface area (Å²) >= 11 is 0. The second-order valence-corrected chi connectivity index (χ2v) is 9.25. The van der Waals surface area contributed by atoms with Gasteiger partial charge >= 0.3 is 5.97 Å². The van der Waals surface area contributed by atoms with Crippen molar-refractivity contribution in [3.63, 3.8) is 0 Å². The second kappa shape index (κ2) is 10.1. The number of likely N-dealkylation sites (tertiary alicyclic amines) is 1. The van der Waals surface area contributed by atoms with E-state index in [1.54, 1.807) is 0 Å². The Morgan fingerprint density at radius 1 is 1.13 bits per heavy atom. The molecular formula is C23H35N5O3. The molecule has 3 heterocycles. The van der Waals surface area contributed by atoms with Crippen LogP contribution >= 0.6 is 0 Å². The molecule has 3 fully saturated rings. The molecule has 0 spiro atoms. The molecule has 2 unspecified atom stereocenters. The Balaban J connectivity index is 1.24. The van der Waals surface area contributed by atoms with Crippen molar-refractivity contribution in [1.82, 2.24) is 20.2 Å². The first kappa shape index (κ1) is 22.2. The van der Waals surface area contributed by atoms with Crippen LogP contribution < -0.4 is 5.48 Å². The number of rotatable bonds is 6. The van der Waals surface area contributed by atoms with E-state index in [0.717, 1.165) is 70.6 Å². The first-order chi connectivity index (χ1) is 15.0. The lowest BCUT2D eigenvalue weighted by Gasteiger charge is -2.34. The highest BCUT2D eigenvalue weighted by molar-refractivity contribution is 5.96. The van der Waals surface area contributed by atoms with Gasteiger partial charge in [-0.05, 0) is 50.9 Å². The molecule has 3 aliphatic heterocycles. The Morgan fingerprint density at radius 3 is 2.45 bits per heavy atom. The monoisotopic (exact) mass is 429 g/mol. The van der Waals surface area contributed by atoms with Gasteiger partial charge in [0, 0.05) is 44.7 Å². The summed E-state index contributed by atoms with van der Waals surface area (Å²) in [6, 6.07) is 8.50. The van der Waals surface area contributed by atoms with Crippen molar-refractivity contribution < 1.29 is 14.7 Å². The largest absolute Gasteiger partial charge is 0.481 e. The molecule has 0 radical (unpaired) electrons. The Bertz CT molecular complexity index is 755. The van der Waals surface area contributed by atoms with Gasteiger partial charge in [0.25, 0.3) is 0 Å². The highest BCUT2D eigenvalue weighted by atomic mass is 16.7. The van der Waals surface area contributed by atoms with Crippen LogP contribution in [0.5, 0.6) is 0 Å². The van der Waals surface area contributed by atoms with Gasteiger partial charge in [0.2, 0.25) is 0 Å². The minimum atomic E-state index is -0.686. The van der Waals surface area contributed by atoms with E-state index in [2.05, 4.69) is 51.5 Å². The van der Waals surface area contributed by atoms with Gasteiger partial charge in [0.05, 0.1) is 12.1 Å². The predicted octanol–water partition coefficient (Wildman–Crippen LogP) is 1.78. The summed E-state index contributed by atoms with van der Waals surface area (Å²) in [6.45, 7) is 6.60. The number of nitrogens with zero attached hydrogens (tertiary/aromatic N) is 3. The number of piperazine rings is 1. The predicted molar refractivity (Wildman–Crippen MR) is 119 cm³/mol. The third-order valence-corrected chi connectivity index (χ3v) is 6.91. The molecule has 8 nitrogen and oxygen atoms in total. The Kier molecular flexibility index (Phi) is 7.22. The molecule has 8 heteroatoms. The van der Waals surface area contributed by atoms with Gasteiger partial charge in [-0.25, -0.2) is 0 Å². The fraction of sp³-hybridized carbons (Fsp3) is 0.652. The summed E-state index contributed by atoms with van der Waals surface area (Å²) in [5.74, 6) is 0.237. The van der Waals surface area contributed by atoms with E-state index in [4.69, 9.17) is 15.4 Å². The van der Waals surface area contributed by atoms with E-state index >= 15 is 0 Å². The zero-order valence-corrected chi connectivity index (χ0v) is 18.4. The minimum absolute atomic E-state index is 0.143. The minimum Gasteiger partial charge on any atom is -0.481 e. The molecule has 0 amide bonds. The molecule has 3 N–H and O–H groups in total. The molecule has 1 aromatic carbocycles. The molecule has 3 aliphatic rings. The summed E-state index contributed by atoms with van der Waals surface area (Å²) in [5, 5.41) is 17.5.